The molecule has 0 aliphatic heterocycles. The summed E-state index contributed by atoms with van der Waals surface area (Å²) in [7, 11) is 0. The van der Waals surface area contributed by atoms with Crippen LogP contribution in [0.2, 0.25) is 0 Å². The van der Waals surface area contributed by atoms with Gasteiger partial charge in [-0.25, -0.2) is 0 Å². The van der Waals surface area contributed by atoms with Crippen LogP contribution in [-0.4, -0.2) is 28.1 Å². The average Bonchev–Trinajstić information content (AvgIpc) is 3.60. The summed E-state index contributed by atoms with van der Waals surface area (Å²) < 4.78 is 6.58. The van der Waals surface area contributed by atoms with E-state index < -0.39 is 0 Å². The molecule has 1 heterocycles. The van der Waals surface area contributed by atoms with E-state index in [4.69, 9.17) is 4.42 Å². The highest BCUT2D eigenvalue weighted by Crippen LogP contribution is 2.30. The summed E-state index contributed by atoms with van der Waals surface area (Å²) in [5, 5.41) is 14.0. The van der Waals surface area contributed by atoms with Gasteiger partial charge in [0.05, 0.1) is 6.54 Å². The van der Waals surface area contributed by atoms with Crippen molar-refractivity contribution < 1.29 is 14.0 Å². The fourth-order valence-electron chi connectivity index (χ4n) is 3.68. The number of aromatic nitrogens is 2. The van der Waals surface area contributed by atoms with E-state index >= 15 is 0 Å². The van der Waals surface area contributed by atoms with Gasteiger partial charge in [0.2, 0.25) is 11.8 Å². The van der Waals surface area contributed by atoms with Crippen LogP contribution < -0.4 is 10.6 Å². The van der Waals surface area contributed by atoms with E-state index in [0.717, 1.165) is 39.5 Å². The van der Waals surface area contributed by atoms with Crippen LogP contribution >= 0.6 is 22.6 Å². The van der Waals surface area contributed by atoms with E-state index in [0.29, 0.717) is 29.0 Å². The first kappa shape index (κ1) is 23.2. The smallest absolute Gasteiger partial charge is 0.251 e. The first-order valence-corrected chi connectivity index (χ1v) is 12.9. The Kier molecular flexibility index (Phi) is 6.89. The number of hydrogen-bond donors (Lipinski definition) is 2. The first-order chi connectivity index (χ1) is 17.1. The Labute approximate surface area is 216 Å². The van der Waals surface area contributed by atoms with Crippen LogP contribution in [0.5, 0.6) is 0 Å². The lowest BCUT2D eigenvalue weighted by Crippen LogP contribution is -2.25. The van der Waals surface area contributed by atoms with Crippen LogP contribution in [0.15, 0.2) is 77.2 Å². The predicted octanol–water partition coefficient (Wildman–Crippen LogP) is 5.16. The molecule has 0 unspecified atom stereocenters. The van der Waals surface area contributed by atoms with Crippen LogP contribution in [0.4, 0.5) is 0 Å². The van der Waals surface area contributed by atoms with Crippen LogP contribution in [-0.2, 0) is 11.0 Å². The molecular weight excluding hydrogens is 555 g/mol. The van der Waals surface area contributed by atoms with Gasteiger partial charge in [0, 0.05) is 27.2 Å². The van der Waals surface area contributed by atoms with Crippen molar-refractivity contribution in [2.24, 2.45) is 0 Å². The molecule has 0 bridgehead atoms. The Morgan fingerprint density at radius 1 is 0.886 bits per heavy atom. The number of amides is 2. The highest BCUT2D eigenvalue weighted by molar-refractivity contribution is 14.1. The number of benzene rings is 3. The average molecular weight is 578 g/mol. The van der Waals surface area contributed by atoms with Crippen molar-refractivity contribution in [1.29, 1.82) is 0 Å². The molecule has 2 amide bonds. The number of carbonyl (C=O) groups excluding carboxylic acids is 2. The van der Waals surface area contributed by atoms with Crippen molar-refractivity contribution in [3.8, 4) is 22.6 Å². The molecule has 1 aromatic heterocycles. The standard InChI is InChI=1S/C27H23IN4O3/c28-15-21-11-10-20(26(34)30-22-12-13-22)14-23(21)17-6-8-19(9-7-17)27-32-31-24(35-27)16-29-25(33)18-4-2-1-3-5-18/h1-11,14,22H,12-13,15-16H2,(H,29,33)(H,30,34). The third kappa shape index (κ3) is 5.59. The zero-order valence-electron chi connectivity index (χ0n) is 18.8. The minimum atomic E-state index is -0.200. The van der Waals surface area contributed by atoms with Gasteiger partial charge >= 0.3 is 0 Å². The largest absolute Gasteiger partial charge is 0.419 e. The molecule has 3 aromatic carbocycles. The zero-order valence-corrected chi connectivity index (χ0v) is 21.0. The number of carbonyl (C=O) groups is 2. The second-order valence-corrected chi connectivity index (χ2v) is 9.14. The lowest BCUT2D eigenvalue weighted by atomic mass is 9.97. The van der Waals surface area contributed by atoms with Crippen LogP contribution in [0.25, 0.3) is 22.6 Å². The van der Waals surface area contributed by atoms with Crippen molar-refractivity contribution in [2.45, 2.75) is 29.9 Å². The molecule has 0 radical (unpaired) electrons. The molecule has 4 aromatic rings. The maximum Gasteiger partial charge on any atom is 0.251 e. The lowest BCUT2D eigenvalue weighted by molar-refractivity contribution is 0.0941. The van der Waals surface area contributed by atoms with Gasteiger partial charge in [-0.1, -0.05) is 59.0 Å². The van der Waals surface area contributed by atoms with E-state index in [1.54, 1.807) is 12.1 Å². The van der Waals surface area contributed by atoms with Gasteiger partial charge in [-0.15, -0.1) is 10.2 Å². The SMILES string of the molecule is O=C(NCc1nnc(-c2ccc(-c3cc(C(=O)NC4CC4)ccc3CI)cc2)o1)c1ccccc1. The minimum absolute atomic E-state index is 0.0249. The highest BCUT2D eigenvalue weighted by Gasteiger charge is 2.24. The second-order valence-electron chi connectivity index (χ2n) is 8.38. The monoisotopic (exact) mass is 578 g/mol. The van der Waals surface area contributed by atoms with Gasteiger partial charge in [0.25, 0.3) is 11.8 Å². The summed E-state index contributed by atoms with van der Waals surface area (Å²) in [6.07, 6.45) is 2.12. The number of alkyl halides is 1. The quantitative estimate of drug-likeness (QED) is 0.223. The predicted molar refractivity (Wildman–Crippen MR) is 141 cm³/mol. The fraction of sp³-hybridized carbons (Fsp3) is 0.185. The van der Waals surface area contributed by atoms with Crippen LogP contribution in [0.1, 0.15) is 45.0 Å². The molecule has 2 N–H and O–H groups in total. The summed E-state index contributed by atoms with van der Waals surface area (Å²) in [5.41, 5.74) is 5.23. The summed E-state index contributed by atoms with van der Waals surface area (Å²) >= 11 is 2.34. The molecule has 176 valence electrons. The van der Waals surface area contributed by atoms with Crippen molar-refractivity contribution in [2.75, 3.05) is 0 Å². The molecule has 35 heavy (non-hydrogen) atoms. The van der Waals surface area contributed by atoms with Crippen LogP contribution in [0, 0.1) is 0 Å². The molecule has 1 fully saturated rings. The van der Waals surface area contributed by atoms with Gasteiger partial charge < -0.3 is 15.1 Å². The van der Waals surface area contributed by atoms with Crippen LogP contribution in [0.3, 0.4) is 0 Å². The van der Waals surface area contributed by atoms with E-state index in [1.807, 2.05) is 60.7 Å². The molecule has 0 spiro atoms. The lowest BCUT2D eigenvalue weighted by Gasteiger charge is -2.11. The number of rotatable bonds is 8. The third-order valence-electron chi connectivity index (χ3n) is 5.77. The maximum absolute atomic E-state index is 12.5. The summed E-state index contributed by atoms with van der Waals surface area (Å²) in [6.45, 7) is 0.146. The number of hydrogen-bond acceptors (Lipinski definition) is 5. The summed E-state index contributed by atoms with van der Waals surface area (Å²) in [4.78, 5) is 24.7. The summed E-state index contributed by atoms with van der Waals surface area (Å²) in [5.74, 6) is 0.485. The Bertz CT molecular complexity index is 1350. The van der Waals surface area contributed by atoms with Crippen molar-refractivity contribution in [3.63, 3.8) is 0 Å². The molecule has 5 rings (SSSR count). The van der Waals surface area contributed by atoms with E-state index in [1.165, 1.54) is 0 Å². The van der Waals surface area contributed by atoms with E-state index in [9.17, 15) is 9.59 Å². The first-order valence-electron chi connectivity index (χ1n) is 11.4. The highest BCUT2D eigenvalue weighted by atomic mass is 127. The van der Waals surface area contributed by atoms with Gasteiger partial charge in [-0.05, 0) is 65.9 Å². The molecular formula is C27H23IN4O3. The Balaban J connectivity index is 1.29. The van der Waals surface area contributed by atoms with Gasteiger partial charge in [0.1, 0.15) is 0 Å². The maximum atomic E-state index is 12.5. The zero-order chi connectivity index (χ0) is 24.2. The van der Waals surface area contributed by atoms with E-state index in [2.05, 4.69) is 43.4 Å². The third-order valence-corrected chi connectivity index (χ3v) is 6.60. The topological polar surface area (TPSA) is 97.1 Å². The Hall–Kier alpha value is -3.53. The van der Waals surface area contributed by atoms with Crippen molar-refractivity contribution in [3.05, 3.63) is 95.4 Å². The second kappa shape index (κ2) is 10.4. The normalized spacial score (nSPS) is 12.8. The molecule has 0 saturated heterocycles. The van der Waals surface area contributed by atoms with Crippen molar-refractivity contribution in [1.82, 2.24) is 20.8 Å². The van der Waals surface area contributed by atoms with Gasteiger partial charge in [-0.2, -0.15) is 0 Å². The fourth-order valence-corrected chi connectivity index (χ4v) is 4.35. The van der Waals surface area contributed by atoms with Gasteiger partial charge in [-0.3, -0.25) is 9.59 Å². The Morgan fingerprint density at radius 3 is 2.34 bits per heavy atom. The number of nitrogens with one attached hydrogen (secondary N) is 2. The molecule has 1 aliphatic rings. The molecule has 8 heteroatoms. The summed E-state index contributed by atoms with van der Waals surface area (Å²) in [6, 6.07) is 23.0. The minimum Gasteiger partial charge on any atom is -0.419 e. The number of nitrogens with zero attached hydrogens (tertiary/aromatic N) is 2. The molecule has 7 nitrogen and oxygen atoms in total. The van der Waals surface area contributed by atoms with E-state index in [-0.39, 0.29) is 18.4 Å². The Morgan fingerprint density at radius 2 is 1.63 bits per heavy atom. The molecule has 1 saturated carbocycles. The van der Waals surface area contributed by atoms with Crippen molar-refractivity contribution >= 4 is 34.4 Å². The number of halogens is 1. The molecule has 0 atom stereocenters. The molecule has 1 aliphatic carbocycles. The van der Waals surface area contributed by atoms with Gasteiger partial charge in [0.15, 0.2) is 0 Å².